The molecule has 120 valence electrons. The summed E-state index contributed by atoms with van der Waals surface area (Å²) in [6.45, 7) is 2.26. The van der Waals surface area contributed by atoms with Crippen LogP contribution in [0.5, 0.6) is 11.5 Å². The number of hydrazone groups is 1. The maximum Gasteiger partial charge on any atom is 0.274 e. The third kappa shape index (κ3) is 4.55. The van der Waals surface area contributed by atoms with Gasteiger partial charge in [-0.25, -0.2) is 10.4 Å². The first-order valence-corrected chi connectivity index (χ1v) is 8.07. The first-order valence-electron chi connectivity index (χ1n) is 6.62. The molecule has 1 aromatic heterocycles. The van der Waals surface area contributed by atoms with Gasteiger partial charge >= 0.3 is 0 Å². The van der Waals surface area contributed by atoms with Crippen molar-refractivity contribution in [1.82, 2.24) is 10.4 Å². The smallest absolute Gasteiger partial charge is 0.274 e. The van der Waals surface area contributed by atoms with Gasteiger partial charge in [0.1, 0.15) is 5.15 Å². The fourth-order valence-electron chi connectivity index (χ4n) is 1.71. The van der Waals surface area contributed by atoms with E-state index in [9.17, 15) is 9.90 Å². The average Bonchev–Trinajstić information content (AvgIpc) is 2.52. The molecule has 0 saturated heterocycles. The number of hydrogen-bond donors (Lipinski definition) is 2. The van der Waals surface area contributed by atoms with Crippen LogP contribution in [0.1, 0.15) is 22.8 Å². The van der Waals surface area contributed by atoms with Crippen LogP contribution < -0.4 is 10.2 Å². The fourth-order valence-corrected chi connectivity index (χ4v) is 2.55. The maximum atomic E-state index is 11.9. The number of carbonyl (C=O) groups is 1. The summed E-state index contributed by atoms with van der Waals surface area (Å²) in [6.07, 6.45) is 2.95. The van der Waals surface area contributed by atoms with Crippen LogP contribution in [0.25, 0.3) is 0 Å². The van der Waals surface area contributed by atoms with Crippen LogP contribution in [-0.2, 0) is 0 Å². The van der Waals surface area contributed by atoms with Crippen LogP contribution in [0.15, 0.2) is 35.6 Å². The van der Waals surface area contributed by atoms with Crippen LogP contribution in [0, 0.1) is 3.57 Å². The van der Waals surface area contributed by atoms with Crippen molar-refractivity contribution in [3.05, 3.63) is 50.3 Å². The van der Waals surface area contributed by atoms with E-state index in [1.807, 2.05) is 29.5 Å². The average molecular weight is 446 g/mol. The Kier molecular flexibility index (Phi) is 6.17. The number of carbonyl (C=O) groups excluding carboxylic acids is 1. The molecule has 1 heterocycles. The summed E-state index contributed by atoms with van der Waals surface area (Å²) in [5, 5.41) is 13.9. The standard InChI is InChI=1S/C15H13ClIN3O3/c1-2-23-12-7-9(6-11(17)13(12)21)8-19-20-15(22)10-4-3-5-18-14(10)16/h3-8,21H,2H2,1H3,(H,20,22)/b19-8+. The van der Waals surface area contributed by atoms with Gasteiger partial charge in [-0.3, -0.25) is 4.79 Å². The summed E-state index contributed by atoms with van der Waals surface area (Å²) in [7, 11) is 0. The number of pyridine rings is 1. The second-order valence-corrected chi connectivity index (χ2v) is 5.84. The van der Waals surface area contributed by atoms with Gasteiger partial charge in [-0.15, -0.1) is 0 Å². The third-order valence-corrected chi connectivity index (χ3v) is 3.86. The van der Waals surface area contributed by atoms with E-state index in [-0.39, 0.29) is 16.5 Å². The molecule has 0 aliphatic carbocycles. The van der Waals surface area contributed by atoms with Crippen LogP contribution in [0.2, 0.25) is 5.15 Å². The van der Waals surface area contributed by atoms with Gasteiger partial charge < -0.3 is 9.84 Å². The van der Waals surface area contributed by atoms with Gasteiger partial charge in [-0.05, 0) is 59.3 Å². The fraction of sp³-hybridized carbons (Fsp3) is 0.133. The van der Waals surface area contributed by atoms with Gasteiger partial charge in [0.2, 0.25) is 0 Å². The van der Waals surface area contributed by atoms with E-state index >= 15 is 0 Å². The third-order valence-electron chi connectivity index (χ3n) is 2.73. The molecule has 2 rings (SSSR count). The Bertz CT molecular complexity index is 753. The monoisotopic (exact) mass is 445 g/mol. The van der Waals surface area contributed by atoms with Gasteiger partial charge in [-0.1, -0.05) is 11.6 Å². The minimum absolute atomic E-state index is 0.0794. The number of nitrogens with one attached hydrogen (secondary N) is 1. The quantitative estimate of drug-likeness (QED) is 0.320. The number of halogens is 2. The molecular formula is C15H13ClIN3O3. The van der Waals surface area contributed by atoms with Gasteiger partial charge in [0.15, 0.2) is 11.5 Å². The molecule has 0 unspecified atom stereocenters. The molecular weight excluding hydrogens is 433 g/mol. The van der Waals surface area contributed by atoms with Crippen molar-refractivity contribution in [1.29, 1.82) is 0 Å². The highest BCUT2D eigenvalue weighted by Crippen LogP contribution is 2.32. The molecule has 2 aromatic rings. The number of hydrogen-bond acceptors (Lipinski definition) is 5. The lowest BCUT2D eigenvalue weighted by atomic mass is 10.2. The minimum Gasteiger partial charge on any atom is -0.504 e. The lowest BCUT2D eigenvalue weighted by molar-refractivity contribution is 0.0955. The van der Waals surface area contributed by atoms with Gasteiger partial charge in [0.25, 0.3) is 5.91 Å². The number of aromatic hydroxyl groups is 1. The highest BCUT2D eigenvalue weighted by Gasteiger charge is 2.10. The Hall–Kier alpha value is -1.87. The van der Waals surface area contributed by atoms with Crippen molar-refractivity contribution in [2.24, 2.45) is 5.10 Å². The molecule has 0 fully saturated rings. The zero-order valence-electron chi connectivity index (χ0n) is 12.1. The highest BCUT2D eigenvalue weighted by molar-refractivity contribution is 14.1. The molecule has 0 spiro atoms. The van der Waals surface area contributed by atoms with Crippen LogP contribution in [0.4, 0.5) is 0 Å². The topological polar surface area (TPSA) is 83.8 Å². The van der Waals surface area contributed by atoms with Crippen molar-refractivity contribution < 1.29 is 14.6 Å². The zero-order valence-corrected chi connectivity index (χ0v) is 15.0. The van der Waals surface area contributed by atoms with E-state index in [0.29, 0.717) is 21.5 Å². The van der Waals surface area contributed by atoms with Crippen LogP contribution >= 0.6 is 34.2 Å². The van der Waals surface area contributed by atoms with E-state index in [2.05, 4.69) is 15.5 Å². The van der Waals surface area contributed by atoms with Crippen molar-refractivity contribution in [2.45, 2.75) is 6.92 Å². The number of ether oxygens (including phenoxy) is 1. The lowest BCUT2D eigenvalue weighted by Crippen LogP contribution is -2.18. The van der Waals surface area contributed by atoms with Gasteiger partial charge in [0, 0.05) is 6.20 Å². The predicted molar refractivity (Wildman–Crippen MR) is 96.3 cm³/mol. The lowest BCUT2D eigenvalue weighted by Gasteiger charge is -2.08. The van der Waals surface area contributed by atoms with Crippen molar-refractivity contribution in [2.75, 3.05) is 6.61 Å². The molecule has 0 aliphatic rings. The number of rotatable bonds is 5. The van der Waals surface area contributed by atoms with Crippen molar-refractivity contribution in [3.8, 4) is 11.5 Å². The van der Waals surface area contributed by atoms with Crippen LogP contribution in [-0.4, -0.2) is 28.8 Å². The Morgan fingerprint density at radius 2 is 2.35 bits per heavy atom. The SMILES string of the molecule is CCOc1cc(/C=N/NC(=O)c2cccnc2Cl)cc(I)c1O. The number of aromatic nitrogens is 1. The van der Waals surface area contributed by atoms with Crippen molar-refractivity contribution >= 4 is 46.3 Å². The Balaban J connectivity index is 2.12. The summed E-state index contributed by atoms with van der Waals surface area (Å²) in [4.78, 5) is 15.8. The summed E-state index contributed by atoms with van der Waals surface area (Å²) in [6, 6.07) is 6.51. The van der Waals surface area contributed by atoms with Crippen molar-refractivity contribution in [3.63, 3.8) is 0 Å². The predicted octanol–water partition coefficient (Wildman–Crippen LogP) is 3.21. The number of amides is 1. The molecule has 2 N–H and O–H groups in total. The molecule has 0 aliphatic heterocycles. The Morgan fingerprint density at radius 1 is 1.57 bits per heavy atom. The molecule has 6 nitrogen and oxygen atoms in total. The molecule has 0 radical (unpaired) electrons. The van der Waals surface area contributed by atoms with Gasteiger partial charge in [0.05, 0.1) is 22.0 Å². The molecule has 23 heavy (non-hydrogen) atoms. The molecule has 1 amide bonds. The second-order valence-electron chi connectivity index (χ2n) is 4.32. The molecule has 8 heteroatoms. The molecule has 1 aromatic carbocycles. The first-order chi connectivity index (χ1) is 11.0. The normalized spacial score (nSPS) is 10.7. The van der Waals surface area contributed by atoms with Gasteiger partial charge in [-0.2, -0.15) is 5.10 Å². The molecule has 0 atom stereocenters. The van der Waals surface area contributed by atoms with E-state index in [4.69, 9.17) is 16.3 Å². The second kappa shape index (κ2) is 8.11. The van der Waals surface area contributed by atoms with E-state index in [1.54, 1.807) is 24.3 Å². The molecule has 0 bridgehead atoms. The highest BCUT2D eigenvalue weighted by atomic mass is 127. The van der Waals surface area contributed by atoms with E-state index < -0.39 is 5.91 Å². The largest absolute Gasteiger partial charge is 0.504 e. The minimum atomic E-state index is -0.460. The number of phenolic OH excluding ortho intramolecular Hbond substituents is 1. The summed E-state index contributed by atoms with van der Waals surface area (Å²) in [5.74, 6) is -0.0175. The zero-order chi connectivity index (χ0) is 16.8. The Labute approximate surface area is 151 Å². The summed E-state index contributed by atoms with van der Waals surface area (Å²) >= 11 is 7.83. The number of nitrogens with zero attached hydrogens (tertiary/aromatic N) is 2. The Morgan fingerprint density at radius 3 is 3.04 bits per heavy atom. The first kappa shape index (κ1) is 17.5. The summed E-state index contributed by atoms with van der Waals surface area (Å²) < 4.78 is 5.96. The van der Waals surface area contributed by atoms with Crippen LogP contribution in [0.3, 0.4) is 0 Å². The number of phenols is 1. The number of benzene rings is 1. The maximum absolute atomic E-state index is 11.9. The summed E-state index contributed by atoms with van der Waals surface area (Å²) in [5.41, 5.74) is 3.29. The van der Waals surface area contributed by atoms with E-state index in [0.717, 1.165) is 0 Å². The van der Waals surface area contributed by atoms with E-state index in [1.165, 1.54) is 12.4 Å². The molecule has 0 saturated carbocycles.